The SMILES string of the molecule is COc1cccc(C(=O)C[C@@]2(O)C(=O)N(CCOc3ccc(Cl)cc3)c3ccccc32)c1. The van der Waals surface area contributed by atoms with Gasteiger partial charge in [-0.1, -0.05) is 41.9 Å². The van der Waals surface area contributed by atoms with Crippen molar-refractivity contribution in [2.24, 2.45) is 0 Å². The average molecular weight is 452 g/mol. The molecule has 0 spiro atoms. The fraction of sp³-hybridized carbons (Fsp3) is 0.200. The maximum Gasteiger partial charge on any atom is 0.264 e. The molecular formula is C25H22ClNO5. The number of carbonyl (C=O) groups is 2. The molecule has 0 aliphatic carbocycles. The van der Waals surface area contributed by atoms with Crippen molar-refractivity contribution in [1.29, 1.82) is 0 Å². The Morgan fingerprint density at radius 2 is 1.78 bits per heavy atom. The number of hydrogen-bond acceptors (Lipinski definition) is 5. The van der Waals surface area contributed by atoms with Gasteiger partial charge in [0.25, 0.3) is 5.91 Å². The maximum atomic E-state index is 13.3. The second-order valence-electron chi connectivity index (χ2n) is 7.47. The number of halogens is 1. The number of ketones is 1. The highest BCUT2D eigenvalue weighted by atomic mass is 35.5. The molecule has 0 saturated carbocycles. The number of carbonyl (C=O) groups excluding carboxylic acids is 2. The van der Waals surface area contributed by atoms with Crippen molar-refractivity contribution >= 4 is 29.0 Å². The van der Waals surface area contributed by atoms with Crippen molar-refractivity contribution < 1.29 is 24.2 Å². The van der Waals surface area contributed by atoms with E-state index < -0.39 is 11.5 Å². The molecule has 1 amide bonds. The van der Waals surface area contributed by atoms with E-state index in [1.54, 1.807) is 72.8 Å². The topological polar surface area (TPSA) is 76.1 Å². The summed E-state index contributed by atoms with van der Waals surface area (Å²) in [7, 11) is 1.51. The first-order valence-corrected chi connectivity index (χ1v) is 10.5. The molecule has 164 valence electrons. The summed E-state index contributed by atoms with van der Waals surface area (Å²) in [5.74, 6) is 0.253. The molecule has 1 atom stereocenters. The van der Waals surface area contributed by atoms with Crippen LogP contribution in [0.2, 0.25) is 5.02 Å². The summed E-state index contributed by atoms with van der Waals surface area (Å²) < 4.78 is 10.9. The van der Waals surface area contributed by atoms with Crippen LogP contribution in [0.25, 0.3) is 0 Å². The van der Waals surface area contributed by atoms with Crippen molar-refractivity contribution in [3.63, 3.8) is 0 Å². The van der Waals surface area contributed by atoms with Crippen molar-refractivity contribution in [3.8, 4) is 11.5 Å². The molecule has 1 aliphatic heterocycles. The highest BCUT2D eigenvalue weighted by molar-refractivity contribution is 6.30. The lowest BCUT2D eigenvalue weighted by atomic mass is 9.88. The fourth-order valence-corrected chi connectivity index (χ4v) is 3.94. The monoisotopic (exact) mass is 451 g/mol. The Morgan fingerprint density at radius 3 is 2.53 bits per heavy atom. The molecule has 0 bridgehead atoms. The van der Waals surface area contributed by atoms with Crippen LogP contribution in [0.3, 0.4) is 0 Å². The third kappa shape index (κ3) is 4.20. The Balaban J connectivity index is 1.53. The van der Waals surface area contributed by atoms with Gasteiger partial charge in [0.1, 0.15) is 18.1 Å². The zero-order chi connectivity index (χ0) is 22.7. The van der Waals surface area contributed by atoms with Gasteiger partial charge in [-0.2, -0.15) is 0 Å². The van der Waals surface area contributed by atoms with Crippen molar-refractivity contribution in [3.05, 3.63) is 88.9 Å². The summed E-state index contributed by atoms with van der Waals surface area (Å²) in [4.78, 5) is 27.7. The van der Waals surface area contributed by atoms with Crippen molar-refractivity contribution in [1.82, 2.24) is 0 Å². The minimum absolute atomic E-state index is 0.210. The number of ether oxygens (including phenoxy) is 2. The second-order valence-corrected chi connectivity index (χ2v) is 7.90. The number of fused-ring (bicyclic) bond motifs is 1. The second kappa shape index (κ2) is 9.02. The molecule has 0 radical (unpaired) electrons. The molecule has 3 aromatic rings. The van der Waals surface area contributed by atoms with E-state index in [2.05, 4.69) is 0 Å². The zero-order valence-corrected chi connectivity index (χ0v) is 18.2. The van der Waals surface area contributed by atoms with Gasteiger partial charge < -0.3 is 19.5 Å². The third-order valence-electron chi connectivity index (χ3n) is 5.44. The zero-order valence-electron chi connectivity index (χ0n) is 17.5. The largest absolute Gasteiger partial charge is 0.497 e. The highest BCUT2D eigenvalue weighted by Crippen LogP contribution is 2.42. The van der Waals surface area contributed by atoms with E-state index in [4.69, 9.17) is 21.1 Å². The molecule has 32 heavy (non-hydrogen) atoms. The van der Waals surface area contributed by atoms with Gasteiger partial charge in [-0.25, -0.2) is 0 Å². The summed E-state index contributed by atoms with van der Waals surface area (Å²) in [5.41, 5.74) is -0.602. The van der Waals surface area contributed by atoms with E-state index in [1.807, 2.05) is 0 Å². The van der Waals surface area contributed by atoms with Crippen LogP contribution in [0.15, 0.2) is 72.8 Å². The molecule has 3 aromatic carbocycles. The molecule has 1 heterocycles. The molecule has 1 N–H and O–H groups in total. The van der Waals surface area contributed by atoms with E-state index >= 15 is 0 Å². The number of Topliss-reactive ketones (excluding diaryl/α,β-unsaturated/α-hetero) is 1. The fourth-order valence-electron chi connectivity index (χ4n) is 3.82. The van der Waals surface area contributed by atoms with Crippen LogP contribution in [0.4, 0.5) is 5.69 Å². The van der Waals surface area contributed by atoms with E-state index in [-0.39, 0.29) is 25.4 Å². The first-order chi connectivity index (χ1) is 15.4. The van der Waals surface area contributed by atoms with Gasteiger partial charge in [0.15, 0.2) is 11.4 Å². The number of amides is 1. The smallest absolute Gasteiger partial charge is 0.264 e. The molecule has 0 unspecified atom stereocenters. The van der Waals surface area contributed by atoms with Crippen molar-refractivity contribution in [2.45, 2.75) is 12.0 Å². The number of benzene rings is 3. The van der Waals surface area contributed by atoms with E-state index in [0.717, 1.165) is 0 Å². The molecule has 7 heteroatoms. The first-order valence-electron chi connectivity index (χ1n) is 10.1. The molecule has 0 saturated heterocycles. The lowest BCUT2D eigenvalue weighted by molar-refractivity contribution is -0.135. The van der Waals surface area contributed by atoms with Gasteiger partial charge in [-0.3, -0.25) is 9.59 Å². The van der Waals surface area contributed by atoms with Gasteiger partial charge in [-0.15, -0.1) is 0 Å². The Labute approximate surface area is 191 Å². The van der Waals surface area contributed by atoms with E-state index in [9.17, 15) is 14.7 Å². The summed E-state index contributed by atoms with van der Waals surface area (Å²) in [6, 6.07) is 20.5. The van der Waals surface area contributed by atoms with Gasteiger partial charge in [0.2, 0.25) is 0 Å². The first kappa shape index (κ1) is 21.9. The number of anilines is 1. The molecule has 0 fully saturated rings. The number of hydrogen-bond donors (Lipinski definition) is 1. The third-order valence-corrected chi connectivity index (χ3v) is 5.70. The minimum atomic E-state index is -1.95. The normalized spacial score (nSPS) is 17.2. The summed E-state index contributed by atoms with van der Waals surface area (Å²) in [6.45, 7) is 0.426. The Hall–Kier alpha value is -3.35. The maximum absolute atomic E-state index is 13.3. The number of nitrogens with zero attached hydrogens (tertiary/aromatic N) is 1. The van der Waals surface area contributed by atoms with Crippen LogP contribution in [0.1, 0.15) is 22.3 Å². The summed E-state index contributed by atoms with van der Waals surface area (Å²) in [5, 5.41) is 12.0. The van der Waals surface area contributed by atoms with E-state index in [1.165, 1.54) is 12.0 Å². The predicted molar refractivity (Wildman–Crippen MR) is 122 cm³/mol. The van der Waals surface area contributed by atoms with Crippen LogP contribution < -0.4 is 14.4 Å². The quantitative estimate of drug-likeness (QED) is 0.518. The van der Waals surface area contributed by atoms with Crippen LogP contribution in [-0.2, 0) is 10.4 Å². The molecule has 4 rings (SSSR count). The molecular weight excluding hydrogens is 430 g/mol. The summed E-state index contributed by atoms with van der Waals surface area (Å²) >= 11 is 5.89. The lowest BCUT2D eigenvalue weighted by Crippen LogP contribution is -2.43. The number of rotatable bonds is 8. The lowest BCUT2D eigenvalue weighted by Gasteiger charge is -2.23. The van der Waals surface area contributed by atoms with Crippen LogP contribution >= 0.6 is 11.6 Å². The number of para-hydroxylation sites is 1. The van der Waals surface area contributed by atoms with Crippen molar-refractivity contribution in [2.75, 3.05) is 25.2 Å². The van der Waals surface area contributed by atoms with Crippen LogP contribution in [0.5, 0.6) is 11.5 Å². The number of aliphatic hydroxyl groups is 1. The van der Waals surface area contributed by atoms with Crippen LogP contribution in [0, 0.1) is 0 Å². The molecule has 0 aromatic heterocycles. The van der Waals surface area contributed by atoms with E-state index in [0.29, 0.717) is 33.3 Å². The number of methoxy groups -OCH3 is 1. The van der Waals surface area contributed by atoms with Crippen LogP contribution in [-0.4, -0.2) is 37.1 Å². The van der Waals surface area contributed by atoms with Gasteiger partial charge >= 0.3 is 0 Å². The Bertz CT molecular complexity index is 1150. The standard InChI is InChI=1S/C25H22ClNO5/c1-31-20-6-4-5-17(15-20)23(28)16-25(30)21-7-2-3-8-22(21)27(24(25)29)13-14-32-19-11-9-18(26)10-12-19/h2-12,15,30H,13-14,16H2,1H3/t25-/m0/s1. The predicted octanol–water partition coefficient (Wildman–Crippen LogP) is 4.23. The van der Waals surface area contributed by atoms with Gasteiger partial charge in [-0.05, 0) is 42.5 Å². The molecule has 1 aliphatic rings. The Morgan fingerprint density at radius 1 is 1.03 bits per heavy atom. The minimum Gasteiger partial charge on any atom is -0.497 e. The van der Waals surface area contributed by atoms with Gasteiger partial charge in [0.05, 0.1) is 25.8 Å². The molecule has 6 nitrogen and oxygen atoms in total. The summed E-state index contributed by atoms with van der Waals surface area (Å²) in [6.07, 6.45) is -0.370. The Kier molecular flexibility index (Phi) is 6.17. The average Bonchev–Trinajstić information content (AvgIpc) is 3.02. The van der Waals surface area contributed by atoms with Gasteiger partial charge in [0, 0.05) is 16.1 Å². The highest BCUT2D eigenvalue weighted by Gasteiger charge is 2.50.